The molecule has 0 bridgehead atoms. The van der Waals surface area contributed by atoms with Gasteiger partial charge in [0.15, 0.2) is 0 Å². The predicted octanol–water partition coefficient (Wildman–Crippen LogP) is 2.72. The topological polar surface area (TPSA) is 111 Å². The van der Waals surface area contributed by atoms with E-state index in [9.17, 15) is 18.0 Å². The number of amides is 2. The number of carbonyl (C=O) groups excluding carboxylic acids is 2. The molecule has 0 aliphatic rings. The van der Waals surface area contributed by atoms with Crippen molar-refractivity contribution in [3.05, 3.63) is 48.0 Å². The predicted molar refractivity (Wildman–Crippen MR) is 112 cm³/mol. The molecule has 156 valence electrons. The largest absolute Gasteiger partial charge is 0.494 e. The van der Waals surface area contributed by atoms with E-state index in [0.717, 1.165) is 6.26 Å². The highest BCUT2D eigenvalue weighted by molar-refractivity contribution is 7.90. The van der Waals surface area contributed by atoms with Crippen LogP contribution in [0.1, 0.15) is 23.2 Å². The number of ether oxygens (including phenoxy) is 2. The van der Waals surface area contributed by atoms with Crippen LogP contribution in [-0.2, 0) is 14.6 Å². The lowest BCUT2D eigenvalue weighted by molar-refractivity contribution is -0.116. The van der Waals surface area contributed by atoms with Crippen molar-refractivity contribution >= 4 is 33.0 Å². The fraction of sp³-hybridized carbons (Fsp3) is 0.300. The van der Waals surface area contributed by atoms with E-state index in [2.05, 4.69) is 10.6 Å². The maximum atomic E-state index is 12.4. The summed E-state index contributed by atoms with van der Waals surface area (Å²) in [5, 5.41) is 5.44. The highest BCUT2D eigenvalue weighted by Gasteiger charge is 2.16. The smallest absolute Gasteiger partial charge is 0.255 e. The van der Waals surface area contributed by atoms with Gasteiger partial charge >= 0.3 is 0 Å². The molecule has 2 amide bonds. The van der Waals surface area contributed by atoms with E-state index in [4.69, 9.17) is 9.47 Å². The summed E-state index contributed by atoms with van der Waals surface area (Å²) in [6, 6.07) is 11.8. The molecule has 0 aliphatic heterocycles. The minimum Gasteiger partial charge on any atom is -0.494 e. The number of rotatable bonds is 9. The number of hydrogen-bond donors (Lipinski definition) is 2. The molecule has 0 spiro atoms. The molecule has 0 aromatic heterocycles. The number of carbonyl (C=O) groups is 2. The molecule has 0 atom stereocenters. The van der Waals surface area contributed by atoms with Gasteiger partial charge in [-0.3, -0.25) is 9.59 Å². The van der Waals surface area contributed by atoms with Gasteiger partial charge in [0.1, 0.15) is 21.3 Å². The van der Waals surface area contributed by atoms with Crippen molar-refractivity contribution in [3.8, 4) is 11.5 Å². The number of methoxy groups -OCH3 is 2. The second kappa shape index (κ2) is 9.92. The van der Waals surface area contributed by atoms with Gasteiger partial charge in [-0.15, -0.1) is 0 Å². The van der Waals surface area contributed by atoms with Crippen LogP contribution in [0.3, 0.4) is 0 Å². The molecule has 0 radical (unpaired) electrons. The number of sulfone groups is 1. The van der Waals surface area contributed by atoms with E-state index in [-0.39, 0.29) is 30.4 Å². The van der Waals surface area contributed by atoms with Crippen LogP contribution in [0.25, 0.3) is 0 Å². The van der Waals surface area contributed by atoms with Crippen molar-refractivity contribution in [2.45, 2.75) is 12.8 Å². The van der Waals surface area contributed by atoms with Crippen LogP contribution >= 0.6 is 0 Å². The SMILES string of the molecule is COc1cc(NC(=O)c2ccccc2)c(OC)cc1NC(=O)CCCS(C)(=O)=O. The summed E-state index contributed by atoms with van der Waals surface area (Å²) in [6.07, 6.45) is 1.39. The van der Waals surface area contributed by atoms with E-state index < -0.39 is 9.84 Å². The average molecular weight is 420 g/mol. The zero-order chi connectivity index (χ0) is 21.4. The highest BCUT2D eigenvalue weighted by Crippen LogP contribution is 2.36. The van der Waals surface area contributed by atoms with Gasteiger partial charge in [0.2, 0.25) is 5.91 Å². The lowest BCUT2D eigenvalue weighted by Gasteiger charge is -2.16. The van der Waals surface area contributed by atoms with Crippen LogP contribution in [0.5, 0.6) is 11.5 Å². The van der Waals surface area contributed by atoms with Gasteiger partial charge in [-0.05, 0) is 18.6 Å². The molecular weight excluding hydrogens is 396 g/mol. The van der Waals surface area contributed by atoms with Crippen molar-refractivity contribution in [1.82, 2.24) is 0 Å². The maximum Gasteiger partial charge on any atom is 0.255 e. The van der Waals surface area contributed by atoms with Crippen LogP contribution in [0.15, 0.2) is 42.5 Å². The molecule has 2 aromatic rings. The zero-order valence-electron chi connectivity index (χ0n) is 16.5. The minimum absolute atomic E-state index is 0.0467. The number of anilines is 2. The molecule has 9 heteroatoms. The van der Waals surface area contributed by atoms with Crippen molar-refractivity contribution in [3.63, 3.8) is 0 Å². The van der Waals surface area contributed by atoms with E-state index >= 15 is 0 Å². The summed E-state index contributed by atoms with van der Waals surface area (Å²) in [6.45, 7) is 0. The van der Waals surface area contributed by atoms with Crippen molar-refractivity contribution in [1.29, 1.82) is 0 Å². The summed E-state index contributed by atoms with van der Waals surface area (Å²) in [5.41, 5.74) is 1.22. The summed E-state index contributed by atoms with van der Waals surface area (Å²) in [4.78, 5) is 24.6. The quantitative estimate of drug-likeness (QED) is 0.645. The monoisotopic (exact) mass is 420 g/mol. The Balaban J connectivity index is 2.16. The van der Waals surface area contributed by atoms with Crippen molar-refractivity contribution in [2.24, 2.45) is 0 Å². The Labute approximate surface area is 170 Å². The molecule has 29 heavy (non-hydrogen) atoms. The molecule has 0 saturated carbocycles. The molecule has 0 saturated heterocycles. The first-order valence-corrected chi connectivity index (χ1v) is 10.9. The Bertz CT molecular complexity index is 974. The fourth-order valence-corrected chi connectivity index (χ4v) is 3.25. The number of nitrogens with one attached hydrogen (secondary N) is 2. The highest BCUT2D eigenvalue weighted by atomic mass is 32.2. The summed E-state index contributed by atoms with van der Waals surface area (Å²) < 4.78 is 33.0. The molecule has 0 unspecified atom stereocenters. The molecular formula is C20H24N2O6S. The van der Waals surface area contributed by atoms with E-state index in [0.29, 0.717) is 28.4 Å². The van der Waals surface area contributed by atoms with Crippen LogP contribution < -0.4 is 20.1 Å². The van der Waals surface area contributed by atoms with Gasteiger partial charge in [0.25, 0.3) is 5.91 Å². The third kappa shape index (κ3) is 6.79. The number of hydrogen-bond acceptors (Lipinski definition) is 6. The Morgan fingerprint density at radius 1 is 0.931 bits per heavy atom. The van der Waals surface area contributed by atoms with Crippen LogP contribution in [0.4, 0.5) is 11.4 Å². The average Bonchev–Trinajstić information content (AvgIpc) is 2.68. The first kappa shape index (κ1) is 22.2. The molecule has 0 aliphatic carbocycles. The Morgan fingerprint density at radius 2 is 1.48 bits per heavy atom. The lowest BCUT2D eigenvalue weighted by atomic mass is 10.2. The molecule has 8 nitrogen and oxygen atoms in total. The summed E-state index contributed by atoms with van der Waals surface area (Å²) >= 11 is 0. The summed E-state index contributed by atoms with van der Waals surface area (Å²) in [7, 11) is -0.245. The zero-order valence-corrected chi connectivity index (χ0v) is 17.3. The van der Waals surface area contributed by atoms with Gasteiger partial charge in [-0.2, -0.15) is 0 Å². The lowest BCUT2D eigenvalue weighted by Crippen LogP contribution is -2.15. The Kier molecular flexibility index (Phi) is 7.60. The van der Waals surface area contributed by atoms with Gasteiger partial charge in [-0.1, -0.05) is 18.2 Å². The second-order valence-corrected chi connectivity index (χ2v) is 8.61. The first-order valence-electron chi connectivity index (χ1n) is 8.83. The van der Waals surface area contributed by atoms with E-state index in [1.165, 1.54) is 20.3 Å². The van der Waals surface area contributed by atoms with Crippen LogP contribution in [0, 0.1) is 0 Å². The standard InChI is InChI=1S/C20H24N2O6S/c1-27-17-13-16(22-20(24)14-8-5-4-6-9-14)18(28-2)12-15(17)21-19(23)10-7-11-29(3,25)26/h4-6,8-9,12-13H,7,10-11H2,1-3H3,(H,21,23)(H,22,24). The van der Waals surface area contributed by atoms with Crippen molar-refractivity contribution < 1.29 is 27.5 Å². The maximum absolute atomic E-state index is 12.4. The third-order valence-electron chi connectivity index (χ3n) is 4.00. The van der Waals surface area contributed by atoms with E-state index in [1.807, 2.05) is 6.07 Å². The fourth-order valence-electron chi connectivity index (χ4n) is 2.58. The van der Waals surface area contributed by atoms with Crippen LogP contribution in [0.2, 0.25) is 0 Å². The molecule has 2 rings (SSSR count). The molecule has 0 fully saturated rings. The summed E-state index contributed by atoms with van der Waals surface area (Å²) in [5.74, 6) is -0.0727. The van der Waals surface area contributed by atoms with E-state index in [1.54, 1.807) is 30.3 Å². The van der Waals surface area contributed by atoms with Gasteiger partial charge < -0.3 is 20.1 Å². The molecule has 0 heterocycles. The number of benzene rings is 2. The van der Waals surface area contributed by atoms with Crippen molar-refractivity contribution in [2.75, 3.05) is 36.9 Å². The third-order valence-corrected chi connectivity index (χ3v) is 5.03. The molecule has 2 aromatic carbocycles. The van der Waals surface area contributed by atoms with Gasteiger partial charge in [0, 0.05) is 30.4 Å². The Hall–Kier alpha value is -3.07. The second-order valence-electron chi connectivity index (χ2n) is 6.35. The van der Waals surface area contributed by atoms with Crippen LogP contribution in [-0.4, -0.2) is 46.5 Å². The van der Waals surface area contributed by atoms with Gasteiger partial charge in [-0.25, -0.2) is 8.42 Å². The first-order chi connectivity index (χ1) is 13.7. The molecule has 2 N–H and O–H groups in total. The van der Waals surface area contributed by atoms with Gasteiger partial charge in [0.05, 0.1) is 31.3 Å². The normalized spacial score (nSPS) is 10.9. The Morgan fingerprint density at radius 3 is 2.00 bits per heavy atom. The minimum atomic E-state index is -3.12.